The molecule has 0 spiro atoms. The summed E-state index contributed by atoms with van der Waals surface area (Å²) in [6.07, 6.45) is 3.96. The Morgan fingerprint density at radius 1 is 1.63 bits per heavy atom. The first-order valence-electron chi connectivity index (χ1n) is 6.85. The van der Waals surface area contributed by atoms with E-state index >= 15 is 0 Å². The van der Waals surface area contributed by atoms with Gasteiger partial charge < -0.3 is 14.5 Å². The Labute approximate surface area is 113 Å². The lowest BCUT2D eigenvalue weighted by molar-refractivity contribution is 0.0560. The van der Waals surface area contributed by atoms with Crippen molar-refractivity contribution in [1.82, 2.24) is 10.2 Å². The molecule has 1 aliphatic rings. The topological polar surface area (TPSA) is 54.7 Å². The number of furan rings is 1. The minimum atomic E-state index is -0.405. The number of nitrogens with zero attached hydrogens (tertiary/aromatic N) is 1. The Bertz CT molecular complexity index is 411. The Morgan fingerprint density at radius 2 is 2.47 bits per heavy atom. The van der Waals surface area contributed by atoms with Gasteiger partial charge in [0.1, 0.15) is 0 Å². The third-order valence-electron chi connectivity index (χ3n) is 3.68. The minimum absolute atomic E-state index is 0.324. The molecule has 0 saturated carbocycles. The summed E-state index contributed by atoms with van der Waals surface area (Å²) < 4.78 is 9.97. The van der Waals surface area contributed by atoms with Crippen molar-refractivity contribution in [2.75, 3.05) is 26.7 Å². The molecule has 2 rings (SSSR count). The zero-order valence-corrected chi connectivity index (χ0v) is 11.6. The van der Waals surface area contributed by atoms with E-state index in [1.165, 1.54) is 20.0 Å². The highest BCUT2D eigenvalue weighted by Crippen LogP contribution is 2.18. The molecule has 1 fully saturated rings. The van der Waals surface area contributed by atoms with Crippen LogP contribution in [0.3, 0.4) is 0 Å². The lowest BCUT2D eigenvalue weighted by Crippen LogP contribution is -2.45. The van der Waals surface area contributed by atoms with Gasteiger partial charge in [0.2, 0.25) is 5.76 Å². The summed E-state index contributed by atoms with van der Waals surface area (Å²) >= 11 is 0. The average molecular weight is 266 g/mol. The fourth-order valence-electron chi connectivity index (χ4n) is 2.59. The van der Waals surface area contributed by atoms with E-state index in [0.29, 0.717) is 11.8 Å². The first kappa shape index (κ1) is 14.1. The Kier molecular flexibility index (Phi) is 4.99. The summed E-state index contributed by atoms with van der Waals surface area (Å²) in [6.45, 7) is 5.95. The second-order valence-corrected chi connectivity index (χ2v) is 4.83. The minimum Gasteiger partial charge on any atom is -0.463 e. The largest absolute Gasteiger partial charge is 0.463 e. The van der Waals surface area contributed by atoms with E-state index in [-0.39, 0.29) is 0 Å². The molecule has 5 heteroatoms. The third kappa shape index (κ3) is 3.36. The Balaban J connectivity index is 2.05. The van der Waals surface area contributed by atoms with Crippen LogP contribution in [0.1, 0.15) is 35.9 Å². The molecular weight excluding hydrogens is 244 g/mol. The molecule has 1 aromatic heterocycles. The highest BCUT2D eigenvalue weighted by molar-refractivity contribution is 5.87. The van der Waals surface area contributed by atoms with Gasteiger partial charge in [-0.1, -0.05) is 6.92 Å². The van der Waals surface area contributed by atoms with Gasteiger partial charge >= 0.3 is 5.97 Å². The molecule has 2 heterocycles. The molecule has 1 N–H and O–H groups in total. The molecule has 5 nitrogen and oxygen atoms in total. The number of rotatable bonds is 5. The van der Waals surface area contributed by atoms with Crippen LogP contribution in [0.15, 0.2) is 16.7 Å². The van der Waals surface area contributed by atoms with Gasteiger partial charge in [-0.3, -0.25) is 4.90 Å². The summed E-state index contributed by atoms with van der Waals surface area (Å²) in [5, 5.41) is 3.42. The number of piperidine rings is 1. The number of esters is 1. The monoisotopic (exact) mass is 266 g/mol. The molecule has 0 amide bonds. The Hall–Kier alpha value is -1.33. The average Bonchev–Trinajstić information content (AvgIpc) is 2.93. The molecule has 1 aliphatic heterocycles. The van der Waals surface area contributed by atoms with Gasteiger partial charge in [-0.05, 0) is 32.0 Å². The predicted octanol–water partition coefficient (Wildman–Crippen LogP) is 1.64. The third-order valence-corrected chi connectivity index (χ3v) is 3.68. The summed E-state index contributed by atoms with van der Waals surface area (Å²) in [4.78, 5) is 14.0. The Morgan fingerprint density at radius 3 is 3.11 bits per heavy atom. The highest BCUT2D eigenvalue weighted by atomic mass is 16.5. The number of ether oxygens (including phenoxy) is 1. The fraction of sp³-hybridized carbons (Fsp3) is 0.643. The van der Waals surface area contributed by atoms with Crippen LogP contribution in [0, 0.1) is 0 Å². The van der Waals surface area contributed by atoms with Gasteiger partial charge in [-0.15, -0.1) is 0 Å². The summed E-state index contributed by atoms with van der Waals surface area (Å²) in [5.41, 5.74) is 0.902. The summed E-state index contributed by atoms with van der Waals surface area (Å²) in [5.74, 6) is -0.0810. The van der Waals surface area contributed by atoms with Gasteiger partial charge in [0, 0.05) is 24.7 Å². The van der Waals surface area contributed by atoms with Gasteiger partial charge in [0.05, 0.1) is 13.4 Å². The predicted molar refractivity (Wildman–Crippen MR) is 72.0 cm³/mol. The van der Waals surface area contributed by atoms with E-state index in [0.717, 1.165) is 31.7 Å². The van der Waals surface area contributed by atoms with E-state index in [1.54, 1.807) is 6.26 Å². The quantitative estimate of drug-likeness (QED) is 0.821. The van der Waals surface area contributed by atoms with Gasteiger partial charge in [0.15, 0.2) is 0 Å². The van der Waals surface area contributed by atoms with Crippen molar-refractivity contribution in [3.05, 3.63) is 23.7 Å². The van der Waals surface area contributed by atoms with Gasteiger partial charge in [-0.2, -0.15) is 0 Å². The number of carbonyl (C=O) groups excluding carboxylic acids is 1. The van der Waals surface area contributed by atoms with Crippen molar-refractivity contribution in [3.8, 4) is 0 Å². The van der Waals surface area contributed by atoms with Crippen LogP contribution in [0.4, 0.5) is 0 Å². The molecule has 1 unspecified atom stereocenters. The van der Waals surface area contributed by atoms with E-state index in [1.807, 2.05) is 6.07 Å². The molecule has 0 bridgehead atoms. The molecule has 1 aromatic rings. The van der Waals surface area contributed by atoms with Crippen LogP contribution in [0.2, 0.25) is 0 Å². The van der Waals surface area contributed by atoms with Gasteiger partial charge in [0.25, 0.3) is 0 Å². The van der Waals surface area contributed by atoms with Crippen molar-refractivity contribution in [2.24, 2.45) is 0 Å². The summed E-state index contributed by atoms with van der Waals surface area (Å²) in [7, 11) is 1.37. The number of nitrogens with one attached hydrogen (secondary N) is 1. The molecule has 0 aromatic carbocycles. The van der Waals surface area contributed by atoms with Crippen LogP contribution < -0.4 is 5.32 Å². The van der Waals surface area contributed by atoms with Gasteiger partial charge in [-0.25, -0.2) is 4.79 Å². The van der Waals surface area contributed by atoms with Crippen LogP contribution in [-0.2, 0) is 11.3 Å². The zero-order chi connectivity index (χ0) is 13.7. The second-order valence-electron chi connectivity index (χ2n) is 4.83. The van der Waals surface area contributed by atoms with E-state index in [2.05, 4.69) is 17.1 Å². The first-order valence-corrected chi connectivity index (χ1v) is 6.85. The SMILES string of the molecule is CCN(Cc1ccoc1C(=O)OC)C1CCCNC1. The molecule has 1 atom stereocenters. The fourth-order valence-corrected chi connectivity index (χ4v) is 2.59. The van der Waals surface area contributed by atoms with Crippen molar-refractivity contribution in [2.45, 2.75) is 32.4 Å². The maximum atomic E-state index is 11.6. The number of hydrogen-bond donors (Lipinski definition) is 1. The standard InChI is InChI=1S/C14H22N2O3/c1-3-16(12-5-4-7-15-9-12)10-11-6-8-19-13(11)14(17)18-2/h6,8,12,15H,3-5,7,9-10H2,1-2H3. The highest BCUT2D eigenvalue weighted by Gasteiger charge is 2.23. The zero-order valence-electron chi connectivity index (χ0n) is 11.6. The number of methoxy groups -OCH3 is 1. The van der Waals surface area contributed by atoms with Crippen molar-refractivity contribution < 1.29 is 13.9 Å². The smallest absolute Gasteiger partial charge is 0.374 e. The maximum Gasteiger partial charge on any atom is 0.374 e. The lowest BCUT2D eigenvalue weighted by atomic mass is 10.0. The van der Waals surface area contributed by atoms with E-state index in [4.69, 9.17) is 9.15 Å². The second kappa shape index (κ2) is 6.73. The summed E-state index contributed by atoms with van der Waals surface area (Å²) in [6, 6.07) is 2.38. The molecular formula is C14H22N2O3. The number of carbonyl (C=O) groups is 1. The lowest BCUT2D eigenvalue weighted by Gasteiger charge is -2.33. The molecule has 19 heavy (non-hydrogen) atoms. The molecule has 0 aliphatic carbocycles. The maximum absolute atomic E-state index is 11.6. The van der Waals surface area contributed by atoms with Crippen LogP contribution in [0.25, 0.3) is 0 Å². The number of likely N-dealkylation sites (N-methyl/N-ethyl adjacent to an activating group) is 1. The molecule has 1 saturated heterocycles. The number of hydrogen-bond acceptors (Lipinski definition) is 5. The normalized spacial score (nSPS) is 19.6. The molecule has 106 valence electrons. The van der Waals surface area contributed by atoms with E-state index in [9.17, 15) is 4.79 Å². The van der Waals surface area contributed by atoms with Crippen molar-refractivity contribution in [1.29, 1.82) is 0 Å². The van der Waals surface area contributed by atoms with E-state index < -0.39 is 5.97 Å². The van der Waals surface area contributed by atoms with Crippen LogP contribution >= 0.6 is 0 Å². The van der Waals surface area contributed by atoms with Crippen molar-refractivity contribution in [3.63, 3.8) is 0 Å². The van der Waals surface area contributed by atoms with Crippen LogP contribution in [-0.4, -0.2) is 43.7 Å². The van der Waals surface area contributed by atoms with Crippen molar-refractivity contribution >= 4 is 5.97 Å². The first-order chi connectivity index (χ1) is 9.26. The van der Waals surface area contributed by atoms with Crippen LogP contribution in [0.5, 0.6) is 0 Å². The molecule has 0 radical (unpaired) electrons.